The molecule has 3 aromatic carbocycles. The number of ether oxygens (including phenoxy) is 1. The van der Waals surface area contributed by atoms with Crippen LogP contribution < -0.4 is 15.0 Å². The van der Waals surface area contributed by atoms with E-state index in [9.17, 15) is 9.59 Å². The van der Waals surface area contributed by atoms with Crippen LogP contribution in [0.4, 0.5) is 11.4 Å². The normalized spacial score (nSPS) is 12.9. The number of anilines is 2. The SMILES string of the molecule is O=C(Nc1cccc(Br)c1)c1ccc(CN2C(=O)COc3ccccc32)cc1. The maximum atomic E-state index is 12.4. The molecule has 0 saturated carbocycles. The standard InChI is InChI=1S/C22H17BrN2O3/c23-17-4-3-5-18(12-17)24-22(27)16-10-8-15(9-11-16)13-25-19-6-1-2-7-20(19)28-14-21(25)26/h1-12H,13-14H2,(H,24,27). The molecule has 1 aliphatic heterocycles. The second-order valence-corrected chi connectivity index (χ2v) is 7.31. The van der Waals surface area contributed by atoms with Gasteiger partial charge >= 0.3 is 0 Å². The van der Waals surface area contributed by atoms with Crippen LogP contribution in [-0.4, -0.2) is 18.4 Å². The van der Waals surface area contributed by atoms with Crippen LogP contribution in [0.1, 0.15) is 15.9 Å². The van der Waals surface area contributed by atoms with E-state index in [2.05, 4.69) is 21.2 Å². The summed E-state index contributed by atoms with van der Waals surface area (Å²) in [6.45, 7) is 0.455. The Morgan fingerprint density at radius 2 is 1.82 bits per heavy atom. The third-order valence-electron chi connectivity index (χ3n) is 4.45. The number of hydrogen-bond acceptors (Lipinski definition) is 3. The zero-order valence-corrected chi connectivity index (χ0v) is 16.5. The van der Waals surface area contributed by atoms with Gasteiger partial charge in [-0.2, -0.15) is 0 Å². The molecule has 1 heterocycles. The Balaban J connectivity index is 1.48. The highest BCUT2D eigenvalue weighted by Crippen LogP contribution is 2.32. The lowest BCUT2D eigenvalue weighted by Crippen LogP contribution is -2.38. The van der Waals surface area contributed by atoms with Gasteiger partial charge in [-0.05, 0) is 48.0 Å². The highest BCUT2D eigenvalue weighted by Gasteiger charge is 2.25. The molecule has 0 bridgehead atoms. The van der Waals surface area contributed by atoms with E-state index in [-0.39, 0.29) is 18.4 Å². The summed E-state index contributed by atoms with van der Waals surface area (Å²) in [5.74, 6) is 0.430. The minimum atomic E-state index is -0.183. The molecule has 0 atom stereocenters. The molecule has 1 aliphatic rings. The summed E-state index contributed by atoms with van der Waals surface area (Å²) in [5, 5.41) is 2.87. The van der Waals surface area contributed by atoms with Gasteiger partial charge in [0.25, 0.3) is 11.8 Å². The molecule has 0 unspecified atom stereocenters. The molecule has 0 fully saturated rings. The molecular weight excluding hydrogens is 420 g/mol. The first-order valence-corrected chi connectivity index (χ1v) is 9.57. The highest BCUT2D eigenvalue weighted by molar-refractivity contribution is 9.10. The minimum absolute atomic E-state index is 0.0319. The van der Waals surface area contributed by atoms with Crippen molar-refractivity contribution >= 4 is 39.1 Å². The monoisotopic (exact) mass is 436 g/mol. The largest absolute Gasteiger partial charge is 0.482 e. The van der Waals surface area contributed by atoms with Gasteiger partial charge in [-0.25, -0.2) is 0 Å². The highest BCUT2D eigenvalue weighted by atomic mass is 79.9. The molecule has 0 aromatic heterocycles. The number of nitrogens with one attached hydrogen (secondary N) is 1. The van der Waals surface area contributed by atoms with E-state index in [0.717, 1.165) is 21.4 Å². The molecule has 3 aromatic rings. The number of hydrogen-bond donors (Lipinski definition) is 1. The average molecular weight is 437 g/mol. The quantitative estimate of drug-likeness (QED) is 0.648. The van der Waals surface area contributed by atoms with Gasteiger partial charge in [0.15, 0.2) is 6.61 Å². The molecule has 28 heavy (non-hydrogen) atoms. The second-order valence-electron chi connectivity index (χ2n) is 6.40. The lowest BCUT2D eigenvalue weighted by Gasteiger charge is -2.29. The molecule has 140 valence electrons. The van der Waals surface area contributed by atoms with E-state index in [1.807, 2.05) is 60.7 Å². The molecule has 1 N–H and O–H groups in total. The summed E-state index contributed by atoms with van der Waals surface area (Å²) in [5.41, 5.74) is 2.97. The number of fused-ring (bicyclic) bond motifs is 1. The molecule has 2 amide bonds. The number of amides is 2. The van der Waals surface area contributed by atoms with E-state index in [1.54, 1.807) is 17.0 Å². The molecule has 0 saturated heterocycles. The number of halogens is 1. The van der Waals surface area contributed by atoms with Crippen molar-refractivity contribution in [1.29, 1.82) is 0 Å². The van der Waals surface area contributed by atoms with E-state index in [4.69, 9.17) is 4.74 Å². The summed E-state index contributed by atoms with van der Waals surface area (Å²) in [7, 11) is 0. The predicted octanol–water partition coefficient (Wildman–Crippen LogP) is 4.63. The number of rotatable bonds is 4. The molecule has 4 rings (SSSR count). The van der Waals surface area contributed by atoms with Crippen molar-refractivity contribution in [2.75, 3.05) is 16.8 Å². The van der Waals surface area contributed by atoms with E-state index < -0.39 is 0 Å². The summed E-state index contributed by atoms with van der Waals surface area (Å²) < 4.78 is 6.37. The molecule has 6 heteroatoms. The summed E-state index contributed by atoms with van der Waals surface area (Å²) >= 11 is 3.39. The molecule has 0 aliphatic carbocycles. The fourth-order valence-corrected chi connectivity index (χ4v) is 3.44. The van der Waals surface area contributed by atoms with Crippen LogP contribution in [0.2, 0.25) is 0 Å². The lowest BCUT2D eigenvalue weighted by atomic mass is 10.1. The number of carbonyl (C=O) groups is 2. The van der Waals surface area contributed by atoms with Crippen LogP contribution in [0, 0.1) is 0 Å². The predicted molar refractivity (Wildman–Crippen MR) is 112 cm³/mol. The maximum absolute atomic E-state index is 12.4. The van der Waals surface area contributed by atoms with Crippen molar-refractivity contribution < 1.29 is 14.3 Å². The zero-order chi connectivity index (χ0) is 19.5. The number of carbonyl (C=O) groups excluding carboxylic acids is 2. The van der Waals surface area contributed by atoms with Gasteiger partial charge in [-0.15, -0.1) is 0 Å². The zero-order valence-electron chi connectivity index (χ0n) is 14.9. The van der Waals surface area contributed by atoms with Gasteiger partial charge in [-0.3, -0.25) is 9.59 Å². The van der Waals surface area contributed by atoms with Crippen molar-refractivity contribution in [2.45, 2.75) is 6.54 Å². The van der Waals surface area contributed by atoms with Gasteiger partial charge in [0.05, 0.1) is 12.2 Å². The Bertz CT molecular complexity index is 1030. The topological polar surface area (TPSA) is 58.6 Å². The summed E-state index contributed by atoms with van der Waals surface area (Å²) in [6, 6.07) is 22.2. The van der Waals surface area contributed by atoms with Crippen molar-refractivity contribution in [3.63, 3.8) is 0 Å². The molecule has 0 radical (unpaired) electrons. The Labute approximate surface area is 171 Å². The van der Waals surface area contributed by atoms with Gasteiger partial charge in [0.1, 0.15) is 5.75 Å². The first kappa shape index (κ1) is 18.3. The van der Waals surface area contributed by atoms with Crippen LogP contribution in [0.3, 0.4) is 0 Å². The molecular formula is C22H17BrN2O3. The Morgan fingerprint density at radius 1 is 1.04 bits per heavy atom. The maximum Gasteiger partial charge on any atom is 0.265 e. The van der Waals surface area contributed by atoms with Crippen LogP contribution >= 0.6 is 15.9 Å². The van der Waals surface area contributed by atoms with Crippen LogP contribution in [0.25, 0.3) is 0 Å². The molecule has 5 nitrogen and oxygen atoms in total. The minimum Gasteiger partial charge on any atom is -0.482 e. The Kier molecular flexibility index (Phi) is 5.12. The number of benzene rings is 3. The number of nitrogens with zero attached hydrogens (tertiary/aromatic N) is 1. The van der Waals surface area contributed by atoms with Crippen molar-refractivity contribution in [3.8, 4) is 5.75 Å². The lowest BCUT2D eigenvalue weighted by molar-refractivity contribution is -0.121. The first-order valence-electron chi connectivity index (χ1n) is 8.78. The summed E-state index contributed by atoms with van der Waals surface area (Å²) in [4.78, 5) is 26.4. The molecule has 0 spiro atoms. The third-order valence-corrected chi connectivity index (χ3v) is 4.94. The first-order chi connectivity index (χ1) is 13.6. The smallest absolute Gasteiger partial charge is 0.265 e. The van der Waals surface area contributed by atoms with E-state index in [1.165, 1.54) is 0 Å². The van der Waals surface area contributed by atoms with Crippen molar-refractivity contribution in [3.05, 3.63) is 88.4 Å². The Morgan fingerprint density at radius 3 is 2.61 bits per heavy atom. The second kappa shape index (κ2) is 7.86. The fourth-order valence-electron chi connectivity index (χ4n) is 3.04. The van der Waals surface area contributed by atoms with Crippen LogP contribution in [-0.2, 0) is 11.3 Å². The third kappa shape index (κ3) is 3.92. The average Bonchev–Trinajstić information content (AvgIpc) is 2.71. The Hall–Kier alpha value is -3.12. The van der Waals surface area contributed by atoms with E-state index in [0.29, 0.717) is 17.9 Å². The van der Waals surface area contributed by atoms with Gasteiger partial charge in [-0.1, -0.05) is 46.3 Å². The van der Waals surface area contributed by atoms with Gasteiger partial charge < -0.3 is 15.0 Å². The number of para-hydroxylation sites is 2. The van der Waals surface area contributed by atoms with Crippen LogP contribution in [0.15, 0.2) is 77.3 Å². The van der Waals surface area contributed by atoms with Crippen molar-refractivity contribution in [1.82, 2.24) is 0 Å². The van der Waals surface area contributed by atoms with Crippen LogP contribution in [0.5, 0.6) is 5.75 Å². The van der Waals surface area contributed by atoms with E-state index >= 15 is 0 Å². The van der Waals surface area contributed by atoms with Gasteiger partial charge in [0.2, 0.25) is 0 Å². The van der Waals surface area contributed by atoms with Gasteiger partial charge in [0, 0.05) is 15.7 Å². The fraction of sp³-hybridized carbons (Fsp3) is 0.0909. The van der Waals surface area contributed by atoms with Crippen molar-refractivity contribution in [2.24, 2.45) is 0 Å². The summed E-state index contributed by atoms with van der Waals surface area (Å²) in [6.07, 6.45) is 0.